The maximum atomic E-state index is 13.4. The highest BCUT2D eigenvalue weighted by Crippen LogP contribution is 2.23. The van der Waals surface area contributed by atoms with Crippen molar-refractivity contribution in [2.24, 2.45) is 7.05 Å². The number of hydrogen-bond acceptors (Lipinski definition) is 6. The quantitative estimate of drug-likeness (QED) is 0.287. The number of pyridine rings is 1. The molecule has 0 atom stereocenters. The second-order valence-corrected chi connectivity index (χ2v) is 11.0. The minimum absolute atomic E-state index is 0.0578. The summed E-state index contributed by atoms with van der Waals surface area (Å²) in [6.45, 7) is 6.38. The van der Waals surface area contributed by atoms with Crippen molar-refractivity contribution in [1.29, 1.82) is 0 Å². The summed E-state index contributed by atoms with van der Waals surface area (Å²) < 4.78 is 3.62. The molecule has 1 amide bonds. The lowest BCUT2D eigenvalue weighted by Gasteiger charge is -2.35. The van der Waals surface area contributed by atoms with Crippen LogP contribution in [0.5, 0.6) is 0 Å². The molecule has 0 saturated carbocycles. The van der Waals surface area contributed by atoms with E-state index in [1.54, 1.807) is 17.1 Å². The number of nitrogens with one attached hydrogen (secondary N) is 1. The Morgan fingerprint density at radius 1 is 0.929 bits per heavy atom. The molecule has 0 radical (unpaired) electrons. The number of likely N-dealkylation sites (N-methyl/N-ethyl adjacent to an activating group) is 1. The van der Waals surface area contributed by atoms with Crippen LogP contribution in [0.15, 0.2) is 79.3 Å². The molecule has 1 saturated heterocycles. The van der Waals surface area contributed by atoms with Gasteiger partial charge < -0.3 is 15.1 Å². The highest BCUT2D eigenvalue weighted by atomic mass is 16.1. The molecule has 5 aromatic rings. The molecule has 6 rings (SSSR count). The van der Waals surface area contributed by atoms with E-state index in [0.29, 0.717) is 23.4 Å². The predicted molar refractivity (Wildman–Crippen MR) is 164 cm³/mol. The third kappa shape index (κ3) is 5.56. The van der Waals surface area contributed by atoms with Crippen LogP contribution < -0.4 is 10.2 Å². The number of para-hydroxylation sites is 1. The highest BCUT2D eigenvalue weighted by molar-refractivity contribution is 5.98. The Morgan fingerprint density at radius 3 is 2.52 bits per heavy atom. The number of carbonyl (C=O) groups is 2. The Kier molecular flexibility index (Phi) is 7.58. The van der Waals surface area contributed by atoms with Gasteiger partial charge in [0.2, 0.25) is 0 Å². The predicted octanol–water partition coefficient (Wildman–Crippen LogP) is 4.15. The number of ketones is 1. The number of aromatic nitrogens is 4. The molecule has 0 bridgehead atoms. The van der Waals surface area contributed by atoms with Gasteiger partial charge in [-0.15, -0.1) is 0 Å². The first kappa shape index (κ1) is 27.4. The topological polar surface area (TPSA) is 87.8 Å². The molecule has 1 fully saturated rings. The van der Waals surface area contributed by atoms with Crippen molar-refractivity contribution in [3.8, 4) is 11.3 Å². The van der Waals surface area contributed by atoms with E-state index in [1.807, 2.05) is 73.1 Å². The maximum Gasteiger partial charge on any atom is 0.251 e. The average Bonchev–Trinajstić information content (AvgIpc) is 3.63. The third-order valence-corrected chi connectivity index (χ3v) is 8.15. The zero-order chi connectivity index (χ0) is 29.2. The zero-order valence-electron chi connectivity index (χ0n) is 24.2. The van der Waals surface area contributed by atoms with E-state index in [-0.39, 0.29) is 18.1 Å². The van der Waals surface area contributed by atoms with Crippen LogP contribution >= 0.6 is 0 Å². The number of carbonyl (C=O) groups excluding carboxylic acids is 2. The number of anilines is 1. The van der Waals surface area contributed by atoms with E-state index in [4.69, 9.17) is 0 Å². The van der Waals surface area contributed by atoms with Crippen molar-refractivity contribution in [3.05, 3.63) is 107 Å². The molecule has 9 heteroatoms. The summed E-state index contributed by atoms with van der Waals surface area (Å²) in [6, 6.07) is 19.7. The molecule has 0 aliphatic carbocycles. The van der Waals surface area contributed by atoms with Crippen LogP contribution in [0.3, 0.4) is 0 Å². The number of Topliss-reactive ketones (excluding diaryl/α,β-unsaturated/α-hetero) is 1. The summed E-state index contributed by atoms with van der Waals surface area (Å²) >= 11 is 0. The van der Waals surface area contributed by atoms with Gasteiger partial charge in [-0.05, 0) is 67.1 Å². The van der Waals surface area contributed by atoms with Gasteiger partial charge in [0.1, 0.15) is 11.3 Å². The number of aryl methyl sites for hydroxylation is 2. The summed E-state index contributed by atoms with van der Waals surface area (Å²) in [6.07, 6.45) is 5.42. The van der Waals surface area contributed by atoms with Crippen LogP contribution in [-0.4, -0.2) is 69.0 Å². The zero-order valence-corrected chi connectivity index (χ0v) is 24.2. The van der Waals surface area contributed by atoms with Crippen molar-refractivity contribution in [3.63, 3.8) is 0 Å². The summed E-state index contributed by atoms with van der Waals surface area (Å²) in [7, 11) is 4.04. The summed E-state index contributed by atoms with van der Waals surface area (Å²) in [5, 5.41) is 7.33. The molecule has 0 spiro atoms. The Morgan fingerprint density at radius 2 is 1.74 bits per heavy atom. The van der Waals surface area contributed by atoms with Gasteiger partial charge in [0, 0.05) is 75.4 Å². The Hall–Kier alpha value is -4.76. The fourth-order valence-corrected chi connectivity index (χ4v) is 5.56. The van der Waals surface area contributed by atoms with E-state index in [0.717, 1.165) is 54.1 Å². The van der Waals surface area contributed by atoms with E-state index >= 15 is 0 Å². The van der Waals surface area contributed by atoms with Gasteiger partial charge in [0.15, 0.2) is 5.78 Å². The van der Waals surface area contributed by atoms with Crippen LogP contribution in [-0.2, 0) is 20.0 Å². The summed E-state index contributed by atoms with van der Waals surface area (Å²) in [5.74, 6) is -0.216. The number of nitrogens with zero attached hydrogens (tertiary/aromatic N) is 6. The fraction of sp³-hybridized carbons (Fsp3) is 0.273. The second-order valence-electron chi connectivity index (χ2n) is 11.0. The maximum absolute atomic E-state index is 13.4. The molecule has 4 heterocycles. The molecule has 1 aliphatic rings. The largest absolute Gasteiger partial charge is 0.369 e. The molecule has 1 aliphatic heterocycles. The lowest BCUT2D eigenvalue weighted by atomic mass is 9.99. The molecular weight excluding hydrogens is 526 g/mol. The Bertz CT molecular complexity index is 1760. The van der Waals surface area contributed by atoms with Gasteiger partial charge in [-0.2, -0.15) is 5.10 Å². The normalized spacial score (nSPS) is 13.9. The molecule has 42 heavy (non-hydrogen) atoms. The van der Waals surface area contributed by atoms with Gasteiger partial charge in [-0.1, -0.05) is 24.3 Å². The Labute approximate surface area is 245 Å². The van der Waals surface area contributed by atoms with Crippen LogP contribution in [0.1, 0.15) is 37.5 Å². The number of fused-ring (bicyclic) bond motifs is 1. The standard InChI is InChI=1S/C33H35N7O2/c1-23-8-9-25(33(42)35-21-26-6-4-5-7-29(26)39-16-14-37(2)15-17-39)18-27(23)19-31(41)30-22-34-32-20-24(11-13-40(30)32)28-10-12-36-38(28)3/h4-13,18,20,22H,14-17,19,21H2,1-3H3,(H,35,42). The number of piperazine rings is 1. The smallest absolute Gasteiger partial charge is 0.251 e. The van der Waals surface area contributed by atoms with Crippen molar-refractivity contribution in [2.45, 2.75) is 19.9 Å². The molecule has 9 nitrogen and oxygen atoms in total. The average molecular weight is 562 g/mol. The first-order valence-electron chi connectivity index (χ1n) is 14.2. The molecule has 0 unspecified atom stereocenters. The lowest BCUT2D eigenvalue weighted by Crippen LogP contribution is -2.45. The number of imidazole rings is 1. The number of rotatable bonds is 8. The van der Waals surface area contributed by atoms with Gasteiger partial charge in [0.25, 0.3) is 5.91 Å². The van der Waals surface area contributed by atoms with Crippen molar-refractivity contribution < 1.29 is 9.59 Å². The van der Waals surface area contributed by atoms with E-state index in [2.05, 4.69) is 44.4 Å². The van der Waals surface area contributed by atoms with Crippen molar-refractivity contribution in [1.82, 2.24) is 29.4 Å². The van der Waals surface area contributed by atoms with Crippen molar-refractivity contribution in [2.75, 3.05) is 38.1 Å². The lowest BCUT2D eigenvalue weighted by molar-refractivity contribution is 0.0947. The van der Waals surface area contributed by atoms with Gasteiger partial charge in [0.05, 0.1) is 11.9 Å². The molecule has 214 valence electrons. The molecule has 2 aromatic carbocycles. The second kappa shape index (κ2) is 11.6. The van der Waals surface area contributed by atoms with Crippen LogP contribution in [0.4, 0.5) is 5.69 Å². The Balaban J connectivity index is 1.15. The molecular formula is C33H35N7O2. The minimum Gasteiger partial charge on any atom is -0.369 e. The van der Waals surface area contributed by atoms with Gasteiger partial charge >= 0.3 is 0 Å². The van der Waals surface area contributed by atoms with Crippen molar-refractivity contribution >= 4 is 23.0 Å². The van der Waals surface area contributed by atoms with Crippen LogP contribution in [0, 0.1) is 6.92 Å². The van der Waals surface area contributed by atoms with E-state index in [1.165, 1.54) is 5.69 Å². The fourth-order valence-electron chi connectivity index (χ4n) is 5.56. The summed E-state index contributed by atoms with van der Waals surface area (Å²) in [5.41, 5.74) is 7.75. The number of benzene rings is 2. The van der Waals surface area contributed by atoms with E-state index < -0.39 is 0 Å². The third-order valence-electron chi connectivity index (χ3n) is 8.15. The molecule has 1 N–H and O–H groups in total. The SMILES string of the molecule is Cc1ccc(C(=O)NCc2ccccc2N2CCN(C)CC2)cc1CC(=O)c1cnc2cc(-c3ccnn3C)ccn12. The monoisotopic (exact) mass is 561 g/mol. The molecule has 3 aromatic heterocycles. The van der Waals surface area contributed by atoms with Gasteiger partial charge in [-0.25, -0.2) is 4.98 Å². The van der Waals surface area contributed by atoms with Crippen LogP contribution in [0.25, 0.3) is 16.9 Å². The number of hydrogen-bond donors (Lipinski definition) is 1. The highest BCUT2D eigenvalue weighted by Gasteiger charge is 2.19. The van der Waals surface area contributed by atoms with Crippen LogP contribution in [0.2, 0.25) is 0 Å². The minimum atomic E-state index is -0.158. The first-order chi connectivity index (χ1) is 20.4. The van der Waals surface area contributed by atoms with Gasteiger partial charge in [-0.3, -0.25) is 18.7 Å². The number of amides is 1. The van der Waals surface area contributed by atoms with E-state index in [9.17, 15) is 9.59 Å². The first-order valence-corrected chi connectivity index (χ1v) is 14.2. The summed E-state index contributed by atoms with van der Waals surface area (Å²) in [4.78, 5) is 35.8.